The van der Waals surface area contributed by atoms with Gasteiger partial charge in [0.2, 0.25) is 0 Å². The number of nitrogens with zero attached hydrogens (tertiary/aromatic N) is 1. The van der Waals surface area contributed by atoms with Gasteiger partial charge in [-0.1, -0.05) is 61.9 Å². The molecule has 1 aliphatic rings. The largest absolute Gasteiger partial charge is 0.206 e. The van der Waals surface area contributed by atoms with Gasteiger partial charge in [-0.25, -0.2) is 8.78 Å². The van der Waals surface area contributed by atoms with Crippen molar-refractivity contribution in [3.8, 4) is 23.0 Å². The SMILES string of the molecule is CCCCCc1ccc(C#CC2=Cc3ccc(-c4ccc(N=C=S)c(F)c4)cc3CC2)c(F)c1. The highest BCUT2D eigenvalue weighted by atomic mass is 32.1. The monoisotopic (exact) mass is 469 g/mol. The van der Waals surface area contributed by atoms with E-state index in [2.05, 4.69) is 53.3 Å². The van der Waals surface area contributed by atoms with Gasteiger partial charge in [0.25, 0.3) is 0 Å². The van der Waals surface area contributed by atoms with Crippen LogP contribution in [0.15, 0.2) is 65.2 Å². The van der Waals surface area contributed by atoms with Gasteiger partial charge in [-0.2, -0.15) is 4.99 Å². The first-order valence-electron chi connectivity index (χ1n) is 11.6. The summed E-state index contributed by atoms with van der Waals surface area (Å²) in [4.78, 5) is 3.73. The van der Waals surface area contributed by atoms with E-state index in [9.17, 15) is 8.78 Å². The summed E-state index contributed by atoms with van der Waals surface area (Å²) in [5.41, 5.74) is 6.64. The number of allylic oxidation sites excluding steroid dienone is 1. The maximum Gasteiger partial charge on any atom is 0.150 e. The fraction of sp³-hybridized carbons (Fsp3) is 0.233. The molecule has 0 fully saturated rings. The van der Waals surface area contributed by atoms with E-state index < -0.39 is 5.82 Å². The Balaban J connectivity index is 1.51. The van der Waals surface area contributed by atoms with Crippen LogP contribution in [-0.4, -0.2) is 5.16 Å². The molecule has 0 saturated heterocycles. The van der Waals surface area contributed by atoms with Gasteiger partial charge in [-0.3, -0.25) is 0 Å². The van der Waals surface area contributed by atoms with Gasteiger partial charge in [0.1, 0.15) is 17.3 Å². The molecule has 0 spiro atoms. The number of aryl methyl sites for hydroxylation is 2. The van der Waals surface area contributed by atoms with Gasteiger partial charge in [-0.15, -0.1) is 0 Å². The molecular weight excluding hydrogens is 444 g/mol. The molecule has 4 heteroatoms. The van der Waals surface area contributed by atoms with Crippen molar-refractivity contribution in [2.24, 2.45) is 4.99 Å². The van der Waals surface area contributed by atoms with E-state index >= 15 is 0 Å². The number of benzene rings is 3. The standard InChI is InChI=1S/C30H25F2NS/c1-2-3-4-5-21-6-9-23(28(31)17-21)10-7-22-8-11-25-18-26(13-12-24(25)16-22)27-14-15-30(33-20-34)29(32)19-27/h6,9,12-19H,2-5,8,11H2,1H3. The average Bonchev–Trinajstić information content (AvgIpc) is 2.84. The second-order valence-electron chi connectivity index (χ2n) is 8.47. The molecule has 0 N–H and O–H groups in total. The van der Waals surface area contributed by atoms with Crippen LogP contribution in [0.25, 0.3) is 17.2 Å². The number of aliphatic imine (C=N–C) groups is 1. The molecule has 0 aromatic heterocycles. The Kier molecular flexibility index (Phi) is 7.80. The maximum atomic E-state index is 14.5. The Morgan fingerprint density at radius 2 is 1.71 bits per heavy atom. The summed E-state index contributed by atoms with van der Waals surface area (Å²) in [6.07, 6.45) is 7.98. The van der Waals surface area contributed by atoms with Crippen molar-refractivity contribution in [3.63, 3.8) is 0 Å². The highest BCUT2D eigenvalue weighted by molar-refractivity contribution is 7.78. The number of halogens is 2. The molecule has 1 nitrogen and oxygen atoms in total. The van der Waals surface area contributed by atoms with Crippen LogP contribution in [0.5, 0.6) is 0 Å². The number of hydrogen-bond donors (Lipinski definition) is 0. The molecule has 0 aliphatic heterocycles. The summed E-state index contributed by atoms with van der Waals surface area (Å²) in [5.74, 6) is 5.49. The van der Waals surface area contributed by atoms with E-state index in [-0.39, 0.29) is 11.5 Å². The van der Waals surface area contributed by atoms with Crippen molar-refractivity contribution in [2.75, 3.05) is 0 Å². The Labute approximate surface area is 205 Å². The Morgan fingerprint density at radius 1 is 0.882 bits per heavy atom. The lowest BCUT2D eigenvalue weighted by molar-refractivity contribution is 0.619. The van der Waals surface area contributed by atoms with Gasteiger partial charge in [0, 0.05) is 5.57 Å². The van der Waals surface area contributed by atoms with Crippen LogP contribution < -0.4 is 0 Å². The minimum atomic E-state index is -0.425. The highest BCUT2D eigenvalue weighted by Crippen LogP contribution is 2.31. The van der Waals surface area contributed by atoms with Gasteiger partial charge in [0.05, 0.1) is 10.7 Å². The normalized spacial score (nSPS) is 12.1. The molecule has 170 valence electrons. The van der Waals surface area contributed by atoms with Crippen LogP contribution in [-0.2, 0) is 12.8 Å². The molecule has 4 rings (SSSR count). The van der Waals surface area contributed by atoms with E-state index in [0.29, 0.717) is 5.56 Å². The van der Waals surface area contributed by atoms with Gasteiger partial charge in [-0.05, 0) is 96.1 Å². The van der Waals surface area contributed by atoms with Gasteiger partial charge >= 0.3 is 0 Å². The fourth-order valence-electron chi connectivity index (χ4n) is 4.14. The first-order chi connectivity index (χ1) is 16.6. The molecule has 34 heavy (non-hydrogen) atoms. The Hall–Kier alpha value is -3.38. The Bertz CT molecular complexity index is 1350. The maximum absolute atomic E-state index is 14.5. The molecule has 0 saturated carbocycles. The Morgan fingerprint density at radius 3 is 2.47 bits per heavy atom. The number of hydrogen-bond acceptors (Lipinski definition) is 2. The average molecular weight is 470 g/mol. The molecular formula is C30H25F2NS. The van der Waals surface area contributed by atoms with E-state index in [1.54, 1.807) is 18.2 Å². The van der Waals surface area contributed by atoms with Crippen LogP contribution in [0.1, 0.15) is 54.9 Å². The van der Waals surface area contributed by atoms with Crippen molar-refractivity contribution < 1.29 is 8.78 Å². The quantitative estimate of drug-likeness (QED) is 0.153. The molecule has 0 unspecified atom stereocenters. The second kappa shape index (κ2) is 11.2. The summed E-state index contributed by atoms with van der Waals surface area (Å²) in [6, 6.07) is 16.4. The van der Waals surface area contributed by atoms with E-state index in [4.69, 9.17) is 0 Å². The van der Waals surface area contributed by atoms with Crippen LogP contribution in [0.4, 0.5) is 14.5 Å². The van der Waals surface area contributed by atoms with Crippen molar-refractivity contribution in [1.29, 1.82) is 0 Å². The number of thiocarbonyl (C=S) groups is 1. The zero-order chi connectivity index (χ0) is 23.9. The molecule has 0 bridgehead atoms. The summed E-state index contributed by atoms with van der Waals surface area (Å²) in [6.45, 7) is 2.16. The summed E-state index contributed by atoms with van der Waals surface area (Å²) in [7, 11) is 0. The highest BCUT2D eigenvalue weighted by Gasteiger charge is 2.12. The third kappa shape index (κ3) is 5.75. The predicted octanol–water partition coefficient (Wildman–Crippen LogP) is 8.48. The lowest BCUT2D eigenvalue weighted by Gasteiger charge is -2.15. The van der Waals surface area contributed by atoms with E-state index in [0.717, 1.165) is 66.4 Å². The summed E-state index contributed by atoms with van der Waals surface area (Å²) in [5, 5.41) is 2.19. The van der Waals surface area contributed by atoms with Crippen molar-refractivity contribution in [1.82, 2.24) is 0 Å². The smallest absolute Gasteiger partial charge is 0.150 e. The van der Waals surface area contributed by atoms with Crippen LogP contribution in [0, 0.1) is 23.5 Å². The first kappa shape index (κ1) is 23.8. The number of rotatable bonds is 6. The summed E-state index contributed by atoms with van der Waals surface area (Å²) < 4.78 is 28.7. The fourth-order valence-corrected chi connectivity index (χ4v) is 4.24. The third-order valence-electron chi connectivity index (χ3n) is 6.04. The molecule has 3 aromatic rings. The minimum Gasteiger partial charge on any atom is -0.206 e. The lowest BCUT2D eigenvalue weighted by atomic mass is 9.89. The third-order valence-corrected chi connectivity index (χ3v) is 6.14. The van der Waals surface area contributed by atoms with Gasteiger partial charge in [0.15, 0.2) is 0 Å². The molecule has 0 heterocycles. The number of unbranched alkanes of at least 4 members (excludes halogenated alkanes) is 2. The molecule has 3 aromatic carbocycles. The van der Waals surface area contributed by atoms with Crippen molar-refractivity contribution in [3.05, 3.63) is 94.1 Å². The zero-order valence-electron chi connectivity index (χ0n) is 19.1. The first-order valence-corrected chi connectivity index (χ1v) is 12.0. The van der Waals surface area contributed by atoms with E-state index in [1.165, 1.54) is 11.6 Å². The van der Waals surface area contributed by atoms with Crippen molar-refractivity contribution in [2.45, 2.75) is 45.4 Å². The predicted molar refractivity (Wildman–Crippen MR) is 139 cm³/mol. The van der Waals surface area contributed by atoms with Crippen molar-refractivity contribution >= 4 is 29.1 Å². The van der Waals surface area contributed by atoms with Gasteiger partial charge < -0.3 is 0 Å². The lowest BCUT2D eigenvalue weighted by Crippen LogP contribution is -1.99. The molecule has 1 aliphatic carbocycles. The van der Waals surface area contributed by atoms with Crippen LogP contribution in [0.3, 0.4) is 0 Å². The van der Waals surface area contributed by atoms with Crippen LogP contribution in [0.2, 0.25) is 0 Å². The number of isothiocyanates is 1. The molecule has 0 atom stereocenters. The van der Waals surface area contributed by atoms with E-state index in [1.807, 2.05) is 24.3 Å². The minimum absolute atomic E-state index is 0.186. The number of fused-ring (bicyclic) bond motifs is 1. The molecule has 0 amide bonds. The molecule has 0 radical (unpaired) electrons. The summed E-state index contributed by atoms with van der Waals surface area (Å²) >= 11 is 4.55. The topological polar surface area (TPSA) is 12.4 Å². The zero-order valence-corrected chi connectivity index (χ0v) is 19.9. The second-order valence-corrected chi connectivity index (χ2v) is 8.66. The van der Waals surface area contributed by atoms with Crippen LogP contribution >= 0.6 is 12.2 Å².